The van der Waals surface area contributed by atoms with Crippen LogP contribution in [0.4, 0.5) is 0 Å². The minimum absolute atomic E-state index is 0.117. The highest BCUT2D eigenvalue weighted by molar-refractivity contribution is 7.98. The molecule has 0 spiro atoms. The molecule has 0 aliphatic rings. The molecule has 1 amide bonds. The molecule has 0 aromatic rings. The zero-order chi connectivity index (χ0) is 11.2. The fourth-order valence-corrected chi connectivity index (χ4v) is 1.76. The maximum absolute atomic E-state index is 11.4. The third-order valence-electron chi connectivity index (χ3n) is 2.09. The van der Waals surface area contributed by atoms with Crippen LogP contribution in [0.25, 0.3) is 0 Å². The standard InChI is InChI=1S/C9H21N3OS/c1-9(2,8(13)11-10)7-12(3)5-6-14-4/h5-7,10H2,1-4H3,(H,11,13). The summed E-state index contributed by atoms with van der Waals surface area (Å²) in [4.78, 5) is 13.5. The molecule has 14 heavy (non-hydrogen) atoms. The van der Waals surface area contributed by atoms with Gasteiger partial charge >= 0.3 is 0 Å². The van der Waals surface area contributed by atoms with Crippen molar-refractivity contribution in [3.8, 4) is 0 Å². The van der Waals surface area contributed by atoms with Crippen LogP contribution in [0.15, 0.2) is 0 Å². The Kier molecular flexibility index (Phi) is 6.15. The van der Waals surface area contributed by atoms with E-state index in [-0.39, 0.29) is 5.91 Å². The first kappa shape index (κ1) is 13.7. The van der Waals surface area contributed by atoms with E-state index in [4.69, 9.17) is 5.84 Å². The Morgan fingerprint density at radius 3 is 2.57 bits per heavy atom. The van der Waals surface area contributed by atoms with Gasteiger partial charge in [-0.25, -0.2) is 5.84 Å². The van der Waals surface area contributed by atoms with Crippen molar-refractivity contribution in [3.63, 3.8) is 0 Å². The molecule has 0 aromatic carbocycles. The molecular weight excluding hydrogens is 198 g/mol. The van der Waals surface area contributed by atoms with Crippen LogP contribution in [0.5, 0.6) is 0 Å². The first-order valence-corrected chi connectivity index (χ1v) is 6.02. The molecule has 0 atom stereocenters. The van der Waals surface area contributed by atoms with Crippen LogP contribution in [0.1, 0.15) is 13.8 Å². The Bertz CT molecular complexity index is 185. The summed E-state index contributed by atoms with van der Waals surface area (Å²) in [6, 6.07) is 0. The van der Waals surface area contributed by atoms with Crippen molar-refractivity contribution in [2.45, 2.75) is 13.8 Å². The molecule has 3 N–H and O–H groups in total. The molecule has 0 rings (SSSR count). The lowest BCUT2D eigenvalue weighted by atomic mass is 9.92. The second-order valence-electron chi connectivity index (χ2n) is 4.09. The van der Waals surface area contributed by atoms with E-state index in [1.807, 2.05) is 20.9 Å². The fraction of sp³-hybridized carbons (Fsp3) is 0.889. The van der Waals surface area contributed by atoms with E-state index >= 15 is 0 Å². The van der Waals surface area contributed by atoms with Gasteiger partial charge in [-0.05, 0) is 27.2 Å². The third kappa shape index (κ3) is 4.83. The molecule has 5 heteroatoms. The number of amides is 1. The van der Waals surface area contributed by atoms with Crippen LogP contribution in [-0.4, -0.2) is 43.0 Å². The van der Waals surface area contributed by atoms with Crippen molar-refractivity contribution in [1.82, 2.24) is 10.3 Å². The van der Waals surface area contributed by atoms with Crippen molar-refractivity contribution in [2.75, 3.05) is 32.1 Å². The van der Waals surface area contributed by atoms with E-state index in [1.54, 1.807) is 11.8 Å². The lowest BCUT2D eigenvalue weighted by molar-refractivity contribution is -0.130. The van der Waals surface area contributed by atoms with Crippen molar-refractivity contribution in [3.05, 3.63) is 0 Å². The molecule has 0 aromatic heterocycles. The lowest BCUT2D eigenvalue weighted by Crippen LogP contribution is -2.46. The molecule has 0 saturated carbocycles. The van der Waals surface area contributed by atoms with Gasteiger partial charge in [0.25, 0.3) is 0 Å². The number of carbonyl (C=O) groups excluding carboxylic acids is 1. The highest BCUT2D eigenvalue weighted by atomic mass is 32.2. The topological polar surface area (TPSA) is 58.4 Å². The summed E-state index contributed by atoms with van der Waals surface area (Å²) in [6.45, 7) is 5.49. The summed E-state index contributed by atoms with van der Waals surface area (Å²) in [5, 5.41) is 0. The highest BCUT2D eigenvalue weighted by Crippen LogP contribution is 2.16. The normalized spacial score (nSPS) is 11.9. The summed E-state index contributed by atoms with van der Waals surface area (Å²) < 4.78 is 0. The van der Waals surface area contributed by atoms with Crippen LogP contribution >= 0.6 is 11.8 Å². The number of nitrogens with two attached hydrogens (primary N) is 1. The Balaban J connectivity index is 4.01. The van der Waals surface area contributed by atoms with Crippen LogP contribution in [0.3, 0.4) is 0 Å². The number of hydrogen-bond acceptors (Lipinski definition) is 4. The molecule has 0 aliphatic carbocycles. The summed E-state index contributed by atoms with van der Waals surface area (Å²) in [6.07, 6.45) is 2.07. The molecule has 4 nitrogen and oxygen atoms in total. The van der Waals surface area contributed by atoms with Gasteiger partial charge in [-0.2, -0.15) is 11.8 Å². The van der Waals surface area contributed by atoms with Crippen LogP contribution < -0.4 is 11.3 Å². The van der Waals surface area contributed by atoms with Gasteiger partial charge in [0.05, 0.1) is 5.41 Å². The predicted molar refractivity (Wildman–Crippen MR) is 62.0 cm³/mol. The fourth-order valence-electron chi connectivity index (χ4n) is 1.27. The number of nitrogens with one attached hydrogen (secondary N) is 1. The van der Waals surface area contributed by atoms with Crippen molar-refractivity contribution >= 4 is 17.7 Å². The smallest absolute Gasteiger partial charge is 0.240 e. The Morgan fingerprint density at radius 2 is 2.14 bits per heavy atom. The second kappa shape index (κ2) is 6.27. The Labute approximate surface area is 90.6 Å². The van der Waals surface area contributed by atoms with Gasteiger partial charge < -0.3 is 4.90 Å². The van der Waals surface area contributed by atoms with Crippen molar-refractivity contribution in [1.29, 1.82) is 0 Å². The molecule has 0 aliphatic heterocycles. The molecule has 0 saturated heterocycles. The Morgan fingerprint density at radius 1 is 1.57 bits per heavy atom. The van der Waals surface area contributed by atoms with E-state index in [0.717, 1.165) is 18.8 Å². The van der Waals surface area contributed by atoms with Gasteiger partial charge in [-0.3, -0.25) is 10.2 Å². The molecule has 84 valence electrons. The first-order valence-electron chi connectivity index (χ1n) is 4.62. The number of hydrazine groups is 1. The van der Waals surface area contributed by atoms with Gasteiger partial charge in [-0.1, -0.05) is 0 Å². The molecule has 0 bridgehead atoms. The zero-order valence-corrected chi connectivity index (χ0v) is 10.3. The molecule has 0 fully saturated rings. The SMILES string of the molecule is CSCCN(C)CC(C)(C)C(=O)NN. The van der Waals surface area contributed by atoms with Gasteiger partial charge in [0, 0.05) is 18.8 Å². The van der Waals surface area contributed by atoms with Gasteiger partial charge in [-0.15, -0.1) is 0 Å². The third-order valence-corrected chi connectivity index (χ3v) is 2.68. The monoisotopic (exact) mass is 219 g/mol. The maximum atomic E-state index is 11.4. The maximum Gasteiger partial charge on any atom is 0.240 e. The number of carbonyl (C=O) groups is 1. The number of thioether (sulfide) groups is 1. The summed E-state index contributed by atoms with van der Waals surface area (Å²) in [5.74, 6) is 6.07. The minimum Gasteiger partial charge on any atom is -0.304 e. The van der Waals surface area contributed by atoms with E-state index in [2.05, 4.69) is 16.6 Å². The Hall–Kier alpha value is -0.260. The van der Waals surface area contributed by atoms with Gasteiger partial charge in [0.15, 0.2) is 0 Å². The number of nitrogens with zero attached hydrogens (tertiary/aromatic N) is 1. The van der Waals surface area contributed by atoms with E-state index in [9.17, 15) is 4.79 Å². The summed E-state index contributed by atoms with van der Waals surface area (Å²) in [5.41, 5.74) is 1.77. The lowest BCUT2D eigenvalue weighted by Gasteiger charge is -2.28. The largest absolute Gasteiger partial charge is 0.304 e. The minimum atomic E-state index is -0.429. The van der Waals surface area contributed by atoms with Crippen LogP contribution in [0.2, 0.25) is 0 Å². The zero-order valence-electron chi connectivity index (χ0n) is 9.46. The quantitative estimate of drug-likeness (QED) is 0.383. The summed E-state index contributed by atoms with van der Waals surface area (Å²) >= 11 is 1.80. The first-order chi connectivity index (χ1) is 6.44. The molecule has 0 radical (unpaired) electrons. The van der Waals surface area contributed by atoms with Crippen LogP contribution in [-0.2, 0) is 4.79 Å². The highest BCUT2D eigenvalue weighted by Gasteiger charge is 2.28. The average Bonchev–Trinajstić information content (AvgIpc) is 2.12. The van der Waals surface area contributed by atoms with E-state index in [1.165, 1.54) is 0 Å². The average molecular weight is 219 g/mol. The van der Waals surface area contributed by atoms with Gasteiger partial charge in [0.1, 0.15) is 0 Å². The predicted octanol–water partition coefficient (Wildman–Crippen LogP) is 0.297. The van der Waals surface area contributed by atoms with Crippen molar-refractivity contribution < 1.29 is 4.79 Å². The molecule has 0 unspecified atom stereocenters. The number of rotatable bonds is 6. The van der Waals surface area contributed by atoms with Gasteiger partial charge in [0.2, 0.25) is 5.91 Å². The van der Waals surface area contributed by atoms with Crippen molar-refractivity contribution in [2.24, 2.45) is 11.3 Å². The molecular formula is C9H21N3OS. The van der Waals surface area contributed by atoms with E-state index in [0.29, 0.717) is 0 Å². The molecule has 0 heterocycles. The van der Waals surface area contributed by atoms with Crippen LogP contribution in [0, 0.1) is 5.41 Å². The van der Waals surface area contributed by atoms with E-state index < -0.39 is 5.41 Å². The summed E-state index contributed by atoms with van der Waals surface area (Å²) in [7, 11) is 2.02. The second-order valence-corrected chi connectivity index (χ2v) is 5.07. The number of hydrogen-bond donors (Lipinski definition) is 2.